The Labute approximate surface area is 95.8 Å². The van der Waals surface area contributed by atoms with E-state index < -0.39 is 5.97 Å². The highest BCUT2D eigenvalue weighted by molar-refractivity contribution is 5.73. The van der Waals surface area contributed by atoms with Gasteiger partial charge in [0.1, 0.15) is 6.54 Å². The second-order valence-corrected chi connectivity index (χ2v) is 3.17. The monoisotopic (exact) mass is 232 g/mol. The Hall–Kier alpha value is -2.69. The molecule has 0 aliphatic carbocycles. The highest BCUT2D eigenvalue weighted by atomic mass is 16.4. The molecule has 0 aromatic carbocycles. The van der Waals surface area contributed by atoms with Crippen molar-refractivity contribution in [2.75, 3.05) is 18.0 Å². The summed E-state index contributed by atoms with van der Waals surface area (Å²) in [7, 11) is 0. The van der Waals surface area contributed by atoms with Gasteiger partial charge in [0.25, 0.3) is 0 Å². The zero-order valence-electron chi connectivity index (χ0n) is 8.69. The predicted molar refractivity (Wildman–Crippen MR) is 57.3 cm³/mol. The van der Waals surface area contributed by atoms with E-state index in [4.69, 9.17) is 11.5 Å². The maximum Gasteiger partial charge on any atom is 0.323 e. The van der Waals surface area contributed by atoms with E-state index in [2.05, 4.69) is 26.5 Å². The van der Waals surface area contributed by atoms with Gasteiger partial charge in [-0.1, -0.05) is 5.92 Å². The van der Waals surface area contributed by atoms with Crippen LogP contribution in [0.1, 0.15) is 0 Å². The molecule has 86 valence electrons. The Bertz CT molecular complexity index is 586. The van der Waals surface area contributed by atoms with Crippen LogP contribution in [0, 0.1) is 12.3 Å². The van der Waals surface area contributed by atoms with E-state index in [-0.39, 0.29) is 13.1 Å². The number of tetrazole rings is 1. The molecular weight excluding hydrogens is 224 g/mol. The first-order chi connectivity index (χ1) is 8.20. The molecular formula is C9H8N6O2. The Balaban J connectivity index is 2.34. The number of anilines is 1. The van der Waals surface area contributed by atoms with Gasteiger partial charge in [0.05, 0.1) is 6.54 Å². The van der Waals surface area contributed by atoms with Crippen molar-refractivity contribution in [3.63, 3.8) is 0 Å². The number of aliphatic carboxylic acids is 1. The second-order valence-electron chi connectivity index (χ2n) is 3.17. The van der Waals surface area contributed by atoms with Gasteiger partial charge in [-0.2, -0.15) is 0 Å². The summed E-state index contributed by atoms with van der Waals surface area (Å²) in [5, 5.41) is 23.6. The van der Waals surface area contributed by atoms with Gasteiger partial charge < -0.3 is 10.0 Å². The average Bonchev–Trinajstić information content (AvgIpc) is 2.74. The molecule has 0 fully saturated rings. The first-order valence-corrected chi connectivity index (χ1v) is 4.66. The van der Waals surface area contributed by atoms with E-state index >= 15 is 0 Å². The summed E-state index contributed by atoms with van der Waals surface area (Å²) in [6.07, 6.45) is 5.18. The van der Waals surface area contributed by atoms with Crippen molar-refractivity contribution < 1.29 is 9.90 Å². The second kappa shape index (κ2) is 4.44. The third kappa shape index (κ3) is 2.28. The zero-order chi connectivity index (χ0) is 12.3. The van der Waals surface area contributed by atoms with Gasteiger partial charge >= 0.3 is 5.97 Å². The number of hydrogen-bond donors (Lipinski definition) is 1. The number of terminal acetylenes is 1. The fourth-order valence-electron chi connectivity index (χ4n) is 1.30. The fourth-order valence-corrected chi connectivity index (χ4v) is 1.30. The van der Waals surface area contributed by atoms with Crippen LogP contribution in [0.4, 0.5) is 5.82 Å². The van der Waals surface area contributed by atoms with Crippen molar-refractivity contribution in [3.05, 3.63) is 12.1 Å². The van der Waals surface area contributed by atoms with Crippen LogP contribution < -0.4 is 4.90 Å². The molecule has 0 unspecified atom stereocenters. The summed E-state index contributed by atoms with van der Waals surface area (Å²) in [5.41, 5.74) is 0.477. The minimum Gasteiger partial charge on any atom is -0.480 e. The van der Waals surface area contributed by atoms with E-state index in [0.717, 1.165) is 0 Å². The number of rotatable bonds is 4. The molecule has 2 rings (SSSR count). The van der Waals surface area contributed by atoms with E-state index in [1.807, 2.05) is 0 Å². The summed E-state index contributed by atoms with van der Waals surface area (Å²) < 4.78 is 1.21. The SMILES string of the molecule is C#CCN(CC(=O)O)c1ccc2nnnn2n1. The van der Waals surface area contributed by atoms with Gasteiger partial charge in [0.15, 0.2) is 11.5 Å². The molecule has 2 aromatic heterocycles. The van der Waals surface area contributed by atoms with Gasteiger partial charge in [-0.25, -0.2) is 0 Å². The number of carboxylic acids is 1. The van der Waals surface area contributed by atoms with Gasteiger partial charge in [-0.15, -0.1) is 21.3 Å². The lowest BCUT2D eigenvalue weighted by molar-refractivity contribution is -0.135. The van der Waals surface area contributed by atoms with Gasteiger partial charge in [-0.3, -0.25) is 4.79 Å². The Morgan fingerprint density at radius 3 is 3.12 bits per heavy atom. The molecule has 8 nitrogen and oxygen atoms in total. The van der Waals surface area contributed by atoms with Crippen LogP contribution in [0.15, 0.2) is 12.1 Å². The van der Waals surface area contributed by atoms with Crippen LogP contribution in [-0.4, -0.2) is 49.4 Å². The molecule has 2 aromatic rings. The summed E-state index contributed by atoms with van der Waals surface area (Å²) in [6, 6.07) is 3.25. The van der Waals surface area contributed by atoms with E-state index in [0.29, 0.717) is 11.5 Å². The van der Waals surface area contributed by atoms with Crippen LogP contribution >= 0.6 is 0 Å². The van der Waals surface area contributed by atoms with Crippen LogP contribution in [0.5, 0.6) is 0 Å². The first-order valence-electron chi connectivity index (χ1n) is 4.66. The number of carbonyl (C=O) groups is 1. The molecule has 0 radical (unpaired) electrons. The molecule has 0 saturated carbocycles. The minimum absolute atomic E-state index is 0.146. The van der Waals surface area contributed by atoms with Crippen molar-refractivity contribution in [2.45, 2.75) is 0 Å². The van der Waals surface area contributed by atoms with Crippen LogP contribution in [0.25, 0.3) is 5.65 Å². The van der Waals surface area contributed by atoms with Crippen molar-refractivity contribution in [1.82, 2.24) is 25.3 Å². The van der Waals surface area contributed by atoms with Crippen molar-refractivity contribution in [1.29, 1.82) is 0 Å². The largest absolute Gasteiger partial charge is 0.480 e. The summed E-state index contributed by atoms with van der Waals surface area (Å²) in [5.74, 6) is 1.80. The maximum absolute atomic E-state index is 10.7. The summed E-state index contributed by atoms with van der Waals surface area (Å²) >= 11 is 0. The maximum atomic E-state index is 10.7. The number of aromatic nitrogens is 5. The van der Waals surface area contributed by atoms with Gasteiger partial charge in [0, 0.05) is 0 Å². The standard InChI is InChI=1S/C9H8N6O2/c1-2-5-14(6-9(16)17)8-4-3-7-10-12-13-15(7)11-8/h1,3-4H,5-6H2,(H,16,17). The molecule has 0 amide bonds. The quantitative estimate of drug-likeness (QED) is 0.678. The molecule has 0 spiro atoms. The summed E-state index contributed by atoms with van der Waals surface area (Å²) in [6.45, 7) is -0.0856. The van der Waals surface area contributed by atoms with Crippen molar-refractivity contribution >= 4 is 17.4 Å². The molecule has 17 heavy (non-hydrogen) atoms. The number of fused-ring (bicyclic) bond motifs is 1. The normalized spacial score (nSPS) is 10.1. The van der Waals surface area contributed by atoms with Gasteiger partial charge in [0.2, 0.25) is 0 Å². The van der Waals surface area contributed by atoms with E-state index in [1.165, 1.54) is 9.53 Å². The lowest BCUT2D eigenvalue weighted by Gasteiger charge is -2.17. The average molecular weight is 232 g/mol. The van der Waals surface area contributed by atoms with Crippen LogP contribution in [0.3, 0.4) is 0 Å². The van der Waals surface area contributed by atoms with Crippen molar-refractivity contribution in [2.24, 2.45) is 0 Å². The molecule has 1 N–H and O–H groups in total. The first kappa shape index (κ1) is 10.8. The molecule has 0 saturated heterocycles. The molecule has 0 aliphatic rings. The lowest BCUT2D eigenvalue weighted by atomic mass is 10.4. The topological polar surface area (TPSA) is 96.5 Å². The minimum atomic E-state index is -0.987. The molecule has 0 bridgehead atoms. The van der Waals surface area contributed by atoms with Gasteiger partial charge in [-0.05, 0) is 22.6 Å². The molecule has 2 heterocycles. The predicted octanol–water partition coefficient (Wildman–Crippen LogP) is -0.956. The number of hydrogen-bond acceptors (Lipinski definition) is 6. The van der Waals surface area contributed by atoms with Crippen LogP contribution in [-0.2, 0) is 4.79 Å². The molecule has 0 atom stereocenters. The Kier molecular flexibility index (Phi) is 2.83. The molecule has 0 aliphatic heterocycles. The Morgan fingerprint density at radius 1 is 1.59 bits per heavy atom. The molecule has 8 heteroatoms. The smallest absolute Gasteiger partial charge is 0.323 e. The summed E-state index contributed by atoms with van der Waals surface area (Å²) in [4.78, 5) is 12.1. The fraction of sp³-hybridized carbons (Fsp3) is 0.222. The third-order valence-electron chi connectivity index (χ3n) is 1.99. The van der Waals surface area contributed by atoms with E-state index in [1.54, 1.807) is 12.1 Å². The highest BCUT2D eigenvalue weighted by Gasteiger charge is 2.12. The van der Waals surface area contributed by atoms with Crippen molar-refractivity contribution in [3.8, 4) is 12.3 Å². The number of nitrogens with zero attached hydrogens (tertiary/aromatic N) is 6. The highest BCUT2D eigenvalue weighted by Crippen LogP contribution is 2.09. The van der Waals surface area contributed by atoms with Crippen LogP contribution in [0.2, 0.25) is 0 Å². The zero-order valence-corrected chi connectivity index (χ0v) is 8.69. The lowest BCUT2D eigenvalue weighted by Crippen LogP contribution is -2.31. The van der Waals surface area contributed by atoms with E-state index in [9.17, 15) is 4.79 Å². The Morgan fingerprint density at radius 2 is 2.41 bits per heavy atom. The number of carboxylic acid groups (broad SMARTS) is 1. The third-order valence-corrected chi connectivity index (χ3v) is 1.99.